The van der Waals surface area contributed by atoms with E-state index in [2.05, 4.69) is 5.32 Å². The SMILES string of the molecule is C[C@H](OC(=O)c1ccc(CS(C)(=O)=O)cc1)C(=O)NCc1ccc2c(c1)OCO2. The van der Waals surface area contributed by atoms with Gasteiger partial charge in [0.2, 0.25) is 6.79 Å². The van der Waals surface area contributed by atoms with Crippen molar-refractivity contribution >= 4 is 21.7 Å². The third-order valence-corrected chi connectivity index (χ3v) is 5.03. The van der Waals surface area contributed by atoms with Crippen LogP contribution in [-0.2, 0) is 31.7 Å². The van der Waals surface area contributed by atoms with Gasteiger partial charge in [0.1, 0.15) is 0 Å². The minimum atomic E-state index is -3.16. The maximum Gasteiger partial charge on any atom is 0.338 e. The van der Waals surface area contributed by atoms with E-state index in [9.17, 15) is 18.0 Å². The first-order valence-electron chi connectivity index (χ1n) is 8.85. The molecule has 0 aliphatic carbocycles. The van der Waals surface area contributed by atoms with Gasteiger partial charge in [-0.25, -0.2) is 13.2 Å². The number of esters is 1. The highest BCUT2D eigenvalue weighted by atomic mass is 32.2. The third kappa shape index (κ3) is 5.71. The van der Waals surface area contributed by atoms with Gasteiger partial charge in [-0.15, -0.1) is 0 Å². The van der Waals surface area contributed by atoms with Crippen LogP contribution in [0.15, 0.2) is 42.5 Å². The maximum absolute atomic E-state index is 12.2. The number of fused-ring (bicyclic) bond motifs is 1. The molecule has 0 fully saturated rings. The predicted molar refractivity (Wildman–Crippen MR) is 104 cm³/mol. The quantitative estimate of drug-likeness (QED) is 0.682. The number of rotatable bonds is 7. The van der Waals surface area contributed by atoms with Crippen LogP contribution in [0, 0.1) is 0 Å². The molecule has 9 heteroatoms. The molecule has 0 saturated heterocycles. The Bertz CT molecular complexity index is 1020. The second-order valence-corrected chi connectivity index (χ2v) is 8.86. The smallest absolute Gasteiger partial charge is 0.338 e. The van der Waals surface area contributed by atoms with E-state index >= 15 is 0 Å². The normalized spacial score (nSPS) is 13.6. The summed E-state index contributed by atoms with van der Waals surface area (Å²) in [6.45, 7) is 1.90. The summed E-state index contributed by atoms with van der Waals surface area (Å²) >= 11 is 0. The lowest BCUT2D eigenvalue weighted by Crippen LogP contribution is -2.35. The third-order valence-electron chi connectivity index (χ3n) is 4.18. The second kappa shape index (κ2) is 8.52. The molecule has 0 aromatic heterocycles. The number of ether oxygens (including phenoxy) is 3. The van der Waals surface area contributed by atoms with Gasteiger partial charge in [-0.2, -0.15) is 0 Å². The molecule has 154 valence electrons. The van der Waals surface area contributed by atoms with Crippen molar-refractivity contribution in [3.05, 3.63) is 59.2 Å². The van der Waals surface area contributed by atoms with Gasteiger partial charge in [0.25, 0.3) is 5.91 Å². The molecule has 0 spiro atoms. The van der Waals surface area contributed by atoms with Crippen LogP contribution in [0.4, 0.5) is 0 Å². The van der Waals surface area contributed by atoms with E-state index in [-0.39, 0.29) is 24.7 Å². The largest absolute Gasteiger partial charge is 0.454 e. The van der Waals surface area contributed by atoms with E-state index in [1.807, 2.05) is 6.07 Å². The second-order valence-electron chi connectivity index (χ2n) is 6.72. The predicted octanol–water partition coefficient (Wildman–Crippen LogP) is 1.82. The number of amides is 1. The zero-order valence-electron chi connectivity index (χ0n) is 16.0. The Kier molecular flexibility index (Phi) is 6.07. The van der Waals surface area contributed by atoms with Crippen molar-refractivity contribution in [2.24, 2.45) is 0 Å². The Labute approximate surface area is 168 Å². The summed E-state index contributed by atoms with van der Waals surface area (Å²) < 4.78 is 38.3. The van der Waals surface area contributed by atoms with Crippen LogP contribution in [0.1, 0.15) is 28.4 Å². The molecule has 0 unspecified atom stereocenters. The van der Waals surface area contributed by atoms with Crippen LogP contribution in [0.25, 0.3) is 0 Å². The van der Waals surface area contributed by atoms with E-state index in [1.54, 1.807) is 24.3 Å². The van der Waals surface area contributed by atoms with Gasteiger partial charge in [-0.3, -0.25) is 4.79 Å². The molecule has 0 bridgehead atoms. The summed E-state index contributed by atoms with van der Waals surface area (Å²) in [7, 11) is -3.16. The molecular weight excluding hydrogens is 398 g/mol. The molecule has 1 aliphatic rings. The van der Waals surface area contributed by atoms with Crippen LogP contribution in [0.5, 0.6) is 11.5 Å². The highest BCUT2D eigenvalue weighted by molar-refractivity contribution is 7.89. The first-order valence-corrected chi connectivity index (χ1v) is 10.9. The average Bonchev–Trinajstić information content (AvgIpc) is 3.13. The van der Waals surface area contributed by atoms with Gasteiger partial charge in [-0.1, -0.05) is 18.2 Å². The minimum absolute atomic E-state index is 0.110. The lowest BCUT2D eigenvalue weighted by atomic mass is 10.1. The van der Waals surface area contributed by atoms with E-state index in [4.69, 9.17) is 14.2 Å². The van der Waals surface area contributed by atoms with Crippen molar-refractivity contribution in [3.8, 4) is 11.5 Å². The van der Waals surface area contributed by atoms with Gasteiger partial charge < -0.3 is 19.5 Å². The minimum Gasteiger partial charge on any atom is -0.454 e. The van der Waals surface area contributed by atoms with Crippen molar-refractivity contribution in [1.82, 2.24) is 5.32 Å². The lowest BCUT2D eigenvalue weighted by Gasteiger charge is -2.14. The topological polar surface area (TPSA) is 108 Å². The van der Waals surface area contributed by atoms with E-state index in [0.29, 0.717) is 17.1 Å². The van der Waals surface area contributed by atoms with Crippen molar-refractivity contribution in [3.63, 3.8) is 0 Å². The Hall–Kier alpha value is -3.07. The maximum atomic E-state index is 12.2. The Balaban J connectivity index is 1.51. The molecule has 2 aromatic rings. The van der Waals surface area contributed by atoms with Crippen LogP contribution < -0.4 is 14.8 Å². The summed E-state index contributed by atoms with van der Waals surface area (Å²) in [6, 6.07) is 11.4. The van der Waals surface area contributed by atoms with E-state index < -0.39 is 27.8 Å². The van der Waals surface area contributed by atoms with Crippen molar-refractivity contribution in [2.75, 3.05) is 13.0 Å². The molecule has 1 heterocycles. The Morgan fingerprint density at radius 2 is 1.72 bits per heavy atom. The lowest BCUT2D eigenvalue weighted by molar-refractivity contribution is -0.129. The monoisotopic (exact) mass is 419 g/mol. The van der Waals surface area contributed by atoms with Crippen molar-refractivity contribution < 1.29 is 32.2 Å². The molecule has 0 radical (unpaired) electrons. The van der Waals surface area contributed by atoms with Crippen LogP contribution in [0.2, 0.25) is 0 Å². The van der Waals surface area contributed by atoms with Gasteiger partial charge in [0.05, 0.1) is 11.3 Å². The van der Waals surface area contributed by atoms with Crippen molar-refractivity contribution in [1.29, 1.82) is 0 Å². The average molecular weight is 419 g/mol. The van der Waals surface area contributed by atoms with Crippen LogP contribution in [0.3, 0.4) is 0 Å². The summed E-state index contributed by atoms with van der Waals surface area (Å²) in [5.41, 5.74) is 1.62. The van der Waals surface area contributed by atoms with E-state index in [1.165, 1.54) is 19.1 Å². The van der Waals surface area contributed by atoms with Crippen LogP contribution in [-0.4, -0.2) is 39.4 Å². The Morgan fingerprint density at radius 1 is 1.07 bits per heavy atom. The molecule has 1 amide bonds. The Morgan fingerprint density at radius 3 is 2.41 bits per heavy atom. The van der Waals surface area contributed by atoms with Crippen LogP contribution >= 0.6 is 0 Å². The number of hydrogen-bond acceptors (Lipinski definition) is 7. The van der Waals surface area contributed by atoms with Gasteiger partial charge in [0, 0.05) is 12.8 Å². The highest BCUT2D eigenvalue weighted by Crippen LogP contribution is 2.32. The summed E-state index contributed by atoms with van der Waals surface area (Å²) in [5, 5.41) is 2.70. The van der Waals surface area contributed by atoms with E-state index in [0.717, 1.165) is 11.8 Å². The number of carbonyl (C=O) groups excluding carboxylic acids is 2. The molecule has 0 saturated carbocycles. The van der Waals surface area contributed by atoms with Crippen molar-refractivity contribution in [2.45, 2.75) is 25.3 Å². The fourth-order valence-electron chi connectivity index (χ4n) is 2.71. The number of nitrogens with one attached hydrogen (secondary N) is 1. The standard InChI is InChI=1S/C20H21NO7S/c1-13(19(22)21-10-15-5-8-17-18(9-15)27-12-26-17)28-20(23)16-6-3-14(4-7-16)11-29(2,24)25/h3-9,13H,10-12H2,1-2H3,(H,21,22)/t13-/m0/s1. The number of carbonyl (C=O) groups is 2. The van der Waals surface area contributed by atoms with Gasteiger partial charge >= 0.3 is 5.97 Å². The zero-order valence-corrected chi connectivity index (χ0v) is 16.8. The molecule has 1 atom stereocenters. The molecule has 1 N–H and O–H groups in total. The molecule has 29 heavy (non-hydrogen) atoms. The first-order chi connectivity index (χ1) is 13.7. The summed E-state index contributed by atoms with van der Waals surface area (Å²) in [5.74, 6) is 0.0629. The number of hydrogen-bond donors (Lipinski definition) is 1. The molecular formula is C20H21NO7S. The molecule has 3 rings (SSSR count). The molecule has 8 nitrogen and oxygen atoms in total. The summed E-state index contributed by atoms with van der Waals surface area (Å²) in [4.78, 5) is 24.4. The molecule has 1 aliphatic heterocycles. The van der Waals surface area contributed by atoms with Gasteiger partial charge in [-0.05, 0) is 42.3 Å². The first kappa shape index (κ1) is 20.7. The highest BCUT2D eigenvalue weighted by Gasteiger charge is 2.19. The fraction of sp³-hybridized carbons (Fsp3) is 0.300. The van der Waals surface area contributed by atoms with Gasteiger partial charge in [0.15, 0.2) is 27.4 Å². The summed E-state index contributed by atoms with van der Waals surface area (Å²) in [6.07, 6.45) is 0.145. The molecule has 2 aromatic carbocycles. The zero-order chi connectivity index (χ0) is 21.0. The fourth-order valence-corrected chi connectivity index (χ4v) is 3.50. The number of sulfone groups is 1. The number of benzene rings is 2.